The molecule has 1 heterocycles. The second-order valence-corrected chi connectivity index (χ2v) is 6.13. The van der Waals surface area contributed by atoms with Crippen LogP contribution in [0, 0.1) is 0 Å². The van der Waals surface area contributed by atoms with Crippen molar-refractivity contribution in [3.05, 3.63) is 66.1 Å². The third-order valence-electron chi connectivity index (χ3n) is 4.04. The highest BCUT2D eigenvalue weighted by Gasteiger charge is 2.16. The Morgan fingerprint density at radius 3 is 2.48 bits per heavy atom. The molecule has 2 aromatic carbocycles. The molecule has 3 rings (SSSR count). The number of amides is 1. The largest absolute Gasteiger partial charge is 0.493 e. The van der Waals surface area contributed by atoms with Crippen LogP contribution in [0.25, 0.3) is 0 Å². The monoisotopic (exact) mass is 433 g/mol. The molecule has 0 atom stereocenters. The van der Waals surface area contributed by atoms with Crippen LogP contribution < -0.4 is 24.3 Å². The first kappa shape index (κ1) is 21.9. The number of carbonyl (C=O) groups excluding carboxylic acids is 1. The van der Waals surface area contributed by atoms with Crippen molar-refractivity contribution in [1.82, 2.24) is 0 Å². The third kappa shape index (κ3) is 5.88. The summed E-state index contributed by atoms with van der Waals surface area (Å²) in [7, 11) is 1.54. The number of benzene rings is 2. The molecule has 0 aliphatic rings. The van der Waals surface area contributed by atoms with Crippen LogP contribution in [0.4, 0.5) is 14.5 Å². The van der Waals surface area contributed by atoms with Gasteiger partial charge >= 0.3 is 6.61 Å². The summed E-state index contributed by atoms with van der Waals surface area (Å²) in [6.45, 7) is -0.944. The van der Waals surface area contributed by atoms with Crippen molar-refractivity contribution in [3.63, 3.8) is 0 Å². The van der Waals surface area contributed by atoms with Crippen LogP contribution >= 0.6 is 0 Å². The highest BCUT2D eigenvalue weighted by molar-refractivity contribution is 6.02. The Kier molecular flexibility index (Phi) is 7.31. The molecule has 0 radical (unpaired) electrons. The van der Waals surface area contributed by atoms with E-state index < -0.39 is 12.5 Å². The van der Waals surface area contributed by atoms with Crippen LogP contribution in [0.1, 0.15) is 23.2 Å². The molecule has 3 aromatic rings. The Labute approximate surface area is 177 Å². The van der Waals surface area contributed by atoms with Gasteiger partial charge < -0.3 is 28.7 Å². The molecule has 7 nitrogen and oxygen atoms in total. The summed E-state index contributed by atoms with van der Waals surface area (Å²) in [6.07, 6.45) is 0. The molecule has 1 N–H and O–H groups in total. The molecular formula is C22H21F2NO6. The van der Waals surface area contributed by atoms with Crippen molar-refractivity contribution >= 4 is 11.6 Å². The van der Waals surface area contributed by atoms with E-state index in [2.05, 4.69) is 10.1 Å². The number of nitrogens with one attached hydrogen (secondary N) is 1. The van der Waals surface area contributed by atoms with E-state index in [1.54, 1.807) is 32.2 Å². The minimum absolute atomic E-state index is 0.0597. The van der Waals surface area contributed by atoms with Crippen LogP contribution in [0.3, 0.4) is 0 Å². The van der Waals surface area contributed by atoms with Gasteiger partial charge in [-0.3, -0.25) is 4.79 Å². The van der Waals surface area contributed by atoms with E-state index in [1.165, 1.54) is 24.3 Å². The first-order chi connectivity index (χ1) is 15.0. The summed E-state index contributed by atoms with van der Waals surface area (Å²) in [5.41, 5.74) is 0.332. The van der Waals surface area contributed by atoms with E-state index in [4.69, 9.17) is 18.6 Å². The summed E-state index contributed by atoms with van der Waals surface area (Å²) in [6, 6.07) is 14.4. The number of carbonyl (C=O) groups is 1. The molecule has 164 valence electrons. The van der Waals surface area contributed by atoms with Gasteiger partial charge in [-0.1, -0.05) is 12.1 Å². The van der Waals surface area contributed by atoms with E-state index in [0.717, 1.165) is 0 Å². The van der Waals surface area contributed by atoms with Crippen LogP contribution in [-0.2, 0) is 6.61 Å². The minimum atomic E-state index is -2.99. The van der Waals surface area contributed by atoms with Gasteiger partial charge in [-0.05, 0) is 43.3 Å². The molecule has 0 saturated carbocycles. The first-order valence-corrected chi connectivity index (χ1v) is 9.37. The first-order valence-electron chi connectivity index (χ1n) is 9.37. The van der Waals surface area contributed by atoms with Crippen LogP contribution in [-0.4, -0.2) is 26.2 Å². The number of para-hydroxylation sites is 2. The molecule has 1 amide bonds. The molecule has 0 fully saturated rings. The molecule has 0 spiro atoms. The van der Waals surface area contributed by atoms with Gasteiger partial charge in [0.05, 0.1) is 13.7 Å². The van der Waals surface area contributed by atoms with Gasteiger partial charge in [0.1, 0.15) is 12.4 Å². The molecule has 31 heavy (non-hydrogen) atoms. The highest BCUT2D eigenvalue weighted by Crippen LogP contribution is 2.32. The molecule has 1 aromatic heterocycles. The topological polar surface area (TPSA) is 79.2 Å². The summed E-state index contributed by atoms with van der Waals surface area (Å²) in [5, 5.41) is 2.63. The number of alkyl halides is 2. The lowest BCUT2D eigenvalue weighted by Crippen LogP contribution is -2.11. The number of anilines is 1. The fraction of sp³-hybridized carbons (Fsp3) is 0.227. The number of hydrogen-bond acceptors (Lipinski definition) is 6. The second kappa shape index (κ2) is 10.3. The van der Waals surface area contributed by atoms with Gasteiger partial charge in [-0.25, -0.2) is 0 Å². The smallest absolute Gasteiger partial charge is 0.387 e. The minimum Gasteiger partial charge on any atom is -0.493 e. The molecular weight excluding hydrogens is 412 g/mol. The van der Waals surface area contributed by atoms with E-state index >= 15 is 0 Å². The predicted molar refractivity (Wildman–Crippen MR) is 108 cm³/mol. The molecule has 9 heteroatoms. The lowest BCUT2D eigenvalue weighted by molar-refractivity contribution is -0.0514. The zero-order chi connectivity index (χ0) is 22.2. The van der Waals surface area contributed by atoms with Gasteiger partial charge in [0, 0.05) is 11.8 Å². The van der Waals surface area contributed by atoms with Gasteiger partial charge in [-0.15, -0.1) is 0 Å². The Morgan fingerprint density at radius 1 is 1.00 bits per heavy atom. The Morgan fingerprint density at radius 2 is 1.77 bits per heavy atom. The van der Waals surface area contributed by atoms with Crippen molar-refractivity contribution in [3.8, 4) is 23.0 Å². The van der Waals surface area contributed by atoms with E-state index in [-0.39, 0.29) is 30.5 Å². The number of furan rings is 1. The van der Waals surface area contributed by atoms with Crippen molar-refractivity contribution in [2.45, 2.75) is 20.1 Å². The average Bonchev–Trinajstić information content (AvgIpc) is 3.23. The van der Waals surface area contributed by atoms with E-state index in [0.29, 0.717) is 22.9 Å². The quantitative estimate of drug-likeness (QED) is 0.478. The summed E-state index contributed by atoms with van der Waals surface area (Å²) < 4.78 is 51.2. The highest BCUT2D eigenvalue weighted by atomic mass is 19.3. The maximum atomic E-state index is 12.5. The number of rotatable bonds is 10. The lowest BCUT2D eigenvalue weighted by Gasteiger charge is -2.13. The van der Waals surface area contributed by atoms with Gasteiger partial charge in [-0.2, -0.15) is 8.78 Å². The summed E-state index contributed by atoms with van der Waals surface area (Å²) >= 11 is 0. The van der Waals surface area contributed by atoms with Gasteiger partial charge in [0.2, 0.25) is 0 Å². The number of methoxy groups -OCH3 is 1. The van der Waals surface area contributed by atoms with E-state index in [1.807, 2.05) is 12.1 Å². The normalized spacial score (nSPS) is 10.6. The second-order valence-electron chi connectivity index (χ2n) is 6.13. The third-order valence-corrected chi connectivity index (χ3v) is 4.04. The number of halogens is 2. The molecule has 0 aliphatic carbocycles. The maximum absolute atomic E-state index is 12.5. The molecule has 0 unspecified atom stereocenters. The fourth-order valence-electron chi connectivity index (χ4n) is 2.70. The maximum Gasteiger partial charge on any atom is 0.387 e. The standard InChI is InChI=1S/C22H21F2NO6/c1-3-28-20-12-14(8-10-18(20)31-22(23)24)25-21(26)19-11-9-15(30-19)13-29-17-7-5-4-6-16(17)27-2/h4-12,22H,3,13H2,1-2H3,(H,25,26). The zero-order valence-corrected chi connectivity index (χ0v) is 16.9. The molecule has 0 saturated heterocycles. The van der Waals surface area contributed by atoms with Crippen molar-refractivity contribution in [1.29, 1.82) is 0 Å². The average molecular weight is 433 g/mol. The Balaban J connectivity index is 1.65. The van der Waals surface area contributed by atoms with E-state index in [9.17, 15) is 13.6 Å². The van der Waals surface area contributed by atoms with Crippen molar-refractivity contribution < 1.29 is 36.9 Å². The van der Waals surface area contributed by atoms with Crippen LogP contribution in [0.5, 0.6) is 23.0 Å². The zero-order valence-electron chi connectivity index (χ0n) is 16.9. The summed E-state index contributed by atoms with van der Waals surface area (Å²) in [4.78, 5) is 12.5. The van der Waals surface area contributed by atoms with Crippen LogP contribution in [0.15, 0.2) is 59.0 Å². The Bertz CT molecular complexity index is 1020. The van der Waals surface area contributed by atoms with Gasteiger partial charge in [0.25, 0.3) is 5.91 Å². The van der Waals surface area contributed by atoms with Crippen LogP contribution in [0.2, 0.25) is 0 Å². The predicted octanol–water partition coefficient (Wildman–Crippen LogP) is 5.12. The molecule has 0 bridgehead atoms. The molecule has 0 aliphatic heterocycles. The fourth-order valence-corrected chi connectivity index (χ4v) is 2.70. The number of hydrogen-bond donors (Lipinski definition) is 1. The van der Waals surface area contributed by atoms with Gasteiger partial charge in [0.15, 0.2) is 28.8 Å². The number of ether oxygens (including phenoxy) is 4. The van der Waals surface area contributed by atoms with Crippen molar-refractivity contribution in [2.75, 3.05) is 19.0 Å². The SMILES string of the molecule is CCOc1cc(NC(=O)c2ccc(COc3ccccc3OC)o2)ccc1OC(F)F. The van der Waals surface area contributed by atoms with Crippen molar-refractivity contribution in [2.24, 2.45) is 0 Å². The Hall–Kier alpha value is -3.75. The summed E-state index contributed by atoms with van der Waals surface area (Å²) in [5.74, 6) is 1.07. The lowest BCUT2D eigenvalue weighted by atomic mass is 10.2.